The number of rotatable bonds is 5. The highest BCUT2D eigenvalue weighted by Gasteiger charge is 2.25. The number of esters is 1. The van der Waals surface area contributed by atoms with Crippen molar-refractivity contribution in [2.24, 2.45) is 0 Å². The topological polar surface area (TPSA) is 63.3 Å². The summed E-state index contributed by atoms with van der Waals surface area (Å²) in [7, 11) is 1.40. The first-order chi connectivity index (χ1) is 15.2. The van der Waals surface area contributed by atoms with Crippen molar-refractivity contribution in [3.05, 3.63) is 101 Å². The Morgan fingerprint density at radius 2 is 1.84 bits per heavy atom. The molecular formula is C26H24N2O3. The molecule has 1 unspecified atom stereocenters. The van der Waals surface area contributed by atoms with Crippen LogP contribution in [0.3, 0.4) is 0 Å². The molecule has 0 bridgehead atoms. The van der Waals surface area contributed by atoms with E-state index in [1.807, 2.05) is 48.5 Å². The van der Waals surface area contributed by atoms with Gasteiger partial charge in [0, 0.05) is 23.1 Å². The highest BCUT2D eigenvalue weighted by atomic mass is 16.5. The van der Waals surface area contributed by atoms with Crippen molar-refractivity contribution in [3.8, 4) is 5.75 Å². The van der Waals surface area contributed by atoms with Gasteiger partial charge in [-0.3, -0.25) is 0 Å². The lowest BCUT2D eigenvalue weighted by Crippen LogP contribution is -2.30. The van der Waals surface area contributed by atoms with Crippen LogP contribution >= 0.6 is 0 Å². The summed E-state index contributed by atoms with van der Waals surface area (Å²) in [6.07, 6.45) is 0.953. The van der Waals surface area contributed by atoms with Crippen LogP contribution in [0, 0.1) is 0 Å². The monoisotopic (exact) mass is 412 g/mol. The van der Waals surface area contributed by atoms with Crippen molar-refractivity contribution >= 4 is 16.9 Å². The van der Waals surface area contributed by atoms with Crippen LogP contribution in [0.4, 0.5) is 0 Å². The number of carbonyl (C=O) groups is 1. The van der Waals surface area contributed by atoms with E-state index in [0.29, 0.717) is 12.2 Å². The van der Waals surface area contributed by atoms with Crippen molar-refractivity contribution in [1.82, 2.24) is 10.3 Å². The fraction of sp³-hybridized carbons (Fsp3) is 0.192. The first-order valence-corrected chi connectivity index (χ1v) is 10.5. The van der Waals surface area contributed by atoms with E-state index in [-0.39, 0.29) is 12.0 Å². The molecule has 1 aliphatic heterocycles. The van der Waals surface area contributed by atoms with Gasteiger partial charge in [0.05, 0.1) is 18.7 Å². The summed E-state index contributed by atoms with van der Waals surface area (Å²) in [5.74, 6) is 0.549. The second kappa shape index (κ2) is 8.28. The van der Waals surface area contributed by atoms with Gasteiger partial charge in [0.2, 0.25) is 0 Å². The fourth-order valence-corrected chi connectivity index (χ4v) is 4.25. The van der Waals surface area contributed by atoms with Crippen LogP contribution in [0.5, 0.6) is 5.75 Å². The summed E-state index contributed by atoms with van der Waals surface area (Å²) in [4.78, 5) is 15.3. The summed E-state index contributed by atoms with van der Waals surface area (Å²) < 4.78 is 10.8. The second-order valence-corrected chi connectivity index (χ2v) is 7.75. The van der Waals surface area contributed by atoms with Crippen LogP contribution in [0.25, 0.3) is 10.9 Å². The third-order valence-corrected chi connectivity index (χ3v) is 5.84. The molecular weight excluding hydrogens is 388 g/mol. The van der Waals surface area contributed by atoms with E-state index < -0.39 is 0 Å². The molecule has 2 N–H and O–H groups in total. The summed E-state index contributed by atoms with van der Waals surface area (Å²) >= 11 is 0. The van der Waals surface area contributed by atoms with Crippen LogP contribution in [-0.2, 0) is 17.8 Å². The smallest absolute Gasteiger partial charge is 0.337 e. The zero-order valence-corrected chi connectivity index (χ0v) is 17.4. The first-order valence-electron chi connectivity index (χ1n) is 10.5. The maximum atomic E-state index is 11.7. The Kier molecular flexibility index (Phi) is 5.18. The molecule has 0 fully saturated rings. The van der Waals surface area contributed by atoms with Crippen molar-refractivity contribution in [2.75, 3.05) is 13.7 Å². The van der Waals surface area contributed by atoms with Gasteiger partial charge in [-0.05, 0) is 53.4 Å². The Morgan fingerprint density at radius 1 is 1.03 bits per heavy atom. The molecule has 156 valence electrons. The minimum atomic E-state index is -0.322. The summed E-state index contributed by atoms with van der Waals surface area (Å²) in [5.41, 5.74) is 6.42. The molecule has 5 nitrogen and oxygen atoms in total. The Balaban J connectivity index is 1.43. The average Bonchev–Trinajstić information content (AvgIpc) is 3.21. The highest BCUT2D eigenvalue weighted by molar-refractivity contribution is 5.89. The summed E-state index contributed by atoms with van der Waals surface area (Å²) in [6.45, 7) is 1.44. The highest BCUT2D eigenvalue weighted by Crippen LogP contribution is 2.35. The van der Waals surface area contributed by atoms with Gasteiger partial charge in [-0.2, -0.15) is 0 Å². The lowest BCUT2D eigenvalue weighted by atomic mass is 9.94. The lowest BCUT2D eigenvalue weighted by molar-refractivity contribution is 0.0600. The van der Waals surface area contributed by atoms with Gasteiger partial charge in [-0.1, -0.05) is 42.5 Å². The van der Waals surface area contributed by atoms with Crippen LogP contribution in [0.1, 0.15) is 38.8 Å². The number of ether oxygens (including phenoxy) is 2. The van der Waals surface area contributed by atoms with Gasteiger partial charge >= 0.3 is 5.97 Å². The van der Waals surface area contributed by atoms with E-state index in [9.17, 15) is 4.79 Å². The number of hydrogen-bond acceptors (Lipinski definition) is 4. The predicted octanol–water partition coefficient (Wildman–Crippen LogP) is 4.77. The van der Waals surface area contributed by atoms with Gasteiger partial charge in [0.1, 0.15) is 12.4 Å². The summed E-state index contributed by atoms with van der Waals surface area (Å²) in [5, 5.41) is 4.80. The van der Waals surface area contributed by atoms with Crippen LogP contribution in [0.2, 0.25) is 0 Å². The predicted molar refractivity (Wildman–Crippen MR) is 120 cm³/mol. The fourth-order valence-electron chi connectivity index (χ4n) is 4.25. The van der Waals surface area contributed by atoms with Crippen LogP contribution in [-0.4, -0.2) is 24.6 Å². The minimum Gasteiger partial charge on any atom is -0.489 e. The van der Waals surface area contributed by atoms with E-state index in [1.54, 1.807) is 0 Å². The molecule has 0 radical (unpaired) electrons. The van der Waals surface area contributed by atoms with Gasteiger partial charge < -0.3 is 19.8 Å². The SMILES string of the molecule is COC(=O)c1ccc(C2NCCc3c2[nH]c2ccc(OCc4ccccc4)cc32)cc1. The molecule has 4 aromatic rings. The van der Waals surface area contributed by atoms with E-state index >= 15 is 0 Å². The standard InChI is InChI=1S/C26H24N2O3/c1-30-26(29)19-9-7-18(8-10-19)24-25-21(13-14-27-24)22-15-20(11-12-23(22)28-25)31-16-17-5-3-2-4-6-17/h2-12,15,24,27-28H,13-14,16H2,1H3. The van der Waals surface area contributed by atoms with Crippen molar-refractivity contribution in [1.29, 1.82) is 0 Å². The van der Waals surface area contributed by atoms with E-state index in [4.69, 9.17) is 9.47 Å². The van der Waals surface area contributed by atoms with Crippen molar-refractivity contribution in [2.45, 2.75) is 19.1 Å². The normalized spacial score (nSPS) is 15.5. The van der Waals surface area contributed by atoms with E-state index in [0.717, 1.165) is 35.4 Å². The Morgan fingerprint density at radius 3 is 2.61 bits per heavy atom. The largest absolute Gasteiger partial charge is 0.489 e. The zero-order chi connectivity index (χ0) is 21.2. The average molecular weight is 412 g/mol. The molecule has 0 amide bonds. The molecule has 1 atom stereocenters. The number of aromatic amines is 1. The van der Waals surface area contributed by atoms with Crippen molar-refractivity contribution in [3.63, 3.8) is 0 Å². The number of hydrogen-bond donors (Lipinski definition) is 2. The van der Waals surface area contributed by atoms with E-state index in [2.05, 4.69) is 34.6 Å². The van der Waals surface area contributed by atoms with Gasteiger partial charge in [0.25, 0.3) is 0 Å². The summed E-state index contributed by atoms with van der Waals surface area (Å²) in [6, 6.07) is 24.1. The number of benzene rings is 3. The van der Waals surface area contributed by atoms with Gasteiger partial charge in [-0.15, -0.1) is 0 Å². The number of aromatic nitrogens is 1. The zero-order valence-electron chi connectivity index (χ0n) is 17.4. The Labute approximate surface area is 181 Å². The molecule has 1 aliphatic rings. The number of fused-ring (bicyclic) bond motifs is 3. The van der Waals surface area contributed by atoms with E-state index in [1.165, 1.54) is 23.8 Å². The molecule has 5 rings (SSSR count). The van der Waals surface area contributed by atoms with Gasteiger partial charge in [0.15, 0.2) is 0 Å². The number of nitrogens with one attached hydrogen (secondary N) is 2. The molecule has 2 heterocycles. The maximum absolute atomic E-state index is 11.7. The Hall–Kier alpha value is -3.57. The second-order valence-electron chi connectivity index (χ2n) is 7.75. The first kappa shape index (κ1) is 19.4. The molecule has 3 aromatic carbocycles. The third-order valence-electron chi connectivity index (χ3n) is 5.84. The molecule has 31 heavy (non-hydrogen) atoms. The van der Waals surface area contributed by atoms with Crippen molar-refractivity contribution < 1.29 is 14.3 Å². The van der Waals surface area contributed by atoms with Gasteiger partial charge in [-0.25, -0.2) is 4.79 Å². The lowest BCUT2D eigenvalue weighted by Gasteiger charge is -2.25. The van der Waals surface area contributed by atoms with Crippen LogP contribution in [0.15, 0.2) is 72.8 Å². The number of methoxy groups -OCH3 is 1. The molecule has 1 aromatic heterocycles. The number of carbonyl (C=O) groups excluding carboxylic acids is 1. The molecule has 0 saturated carbocycles. The number of H-pyrrole nitrogens is 1. The molecule has 0 spiro atoms. The van der Waals surface area contributed by atoms with Crippen LogP contribution < -0.4 is 10.1 Å². The quantitative estimate of drug-likeness (QED) is 0.464. The third kappa shape index (κ3) is 3.80. The minimum absolute atomic E-state index is 0.0523. The molecule has 5 heteroatoms. The molecule has 0 aliphatic carbocycles. The maximum Gasteiger partial charge on any atom is 0.337 e. The Bertz CT molecular complexity index is 1210. The molecule has 0 saturated heterocycles.